The lowest BCUT2D eigenvalue weighted by Crippen LogP contribution is -2.55. The third-order valence-corrected chi connectivity index (χ3v) is 6.32. The first-order valence-electron chi connectivity index (χ1n) is 11.1. The number of fused-ring (bicyclic) bond motifs is 1. The minimum atomic E-state index is -0.287. The molecule has 3 aromatic carbocycles. The van der Waals surface area contributed by atoms with Gasteiger partial charge in [-0.1, -0.05) is 35.9 Å². The van der Waals surface area contributed by atoms with Crippen LogP contribution in [0, 0.1) is 5.82 Å². The van der Waals surface area contributed by atoms with E-state index >= 15 is 0 Å². The normalized spacial score (nSPS) is 16.0. The maximum Gasteiger partial charge on any atom is 0.322 e. The van der Waals surface area contributed by atoms with Crippen molar-refractivity contribution >= 4 is 39.9 Å². The average Bonchev–Trinajstić information content (AvgIpc) is 2.85. The molecule has 1 atom stereocenters. The Kier molecular flexibility index (Phi) is 6.02. The molecule has 5 rings (SSSR count). The Labute approximate surface area is 202 Å². The molecule has 8 heteroatoms. The van der Waals surface area contributed by atoms with Crippen LogP contribution >= 0.6 is 11.6 Å². The fourth-order valence-electron chi connectivity index (χ4n) is 4.32. The van der Waals surface area contributed by atoms with E-state index in [2.05, 4.69) is 20.4 Å². The molecule has 34 heavy (non-hydrogen) atoms. The Morgan fingerprint density at radius 2 is 1.68 bits per heavy atom. The maximum absolute atomic E-state index is 13.4. The number of urea groups is 1. The van der Waals surface area contributed by atoms with E-state index in [0.29, 0.717) is 36.0 Å². The van der Waals surface area contributed by atoms with Crippen molar-refractivity contribution in [2.24, 2.45) is 0 Å². The van der Waals surface area contributed by atoms with Gasteiger partial charge in [0.2, 0.25) is 0 Å². The van der Waals surface area contributed by atoms with Gasteiger partial charge in [0.1, 0.15) is 11.5 Å². The lowest BCUT2D eigenvalue weighted by atomic mass is 10.0. The van der Waals surface area contributed by atoms with Crippen molar-refractivity contribution in [3.63, 3.8) is 0 Å². The Balaban J connectivity index is 1.37. The minimum absolute atomic E-state index is 0.0293. The molecular formula is C26H23ClFN5O. The Morgan fingerprint density at radius 1 is 0.971 bits per heavy atom. The van der Waals surface area contributed by atoms with Crippen molar-refractivity contribution in [1.82, 2.24) is 15.1 Å². The molecule has 0 saturated carbocycles. The van der Waals surface area contributed by atoms with Gasteiger partial charge in [-0.3, -0.25) is 0 Å². The van der Waals surface area contributed by atoms with Crippen LogP contribution in [0.5, 0.6) is 0 Å². The zero-order valence-electron chi connectivity index (χ0n) is 18.6. The third-order valence-electron chi connectivity index (χ3n) is 6.07. The number of piperazine rings is 1. The van der Waals surface area contributed by atoms with Gasteiger partial charge in [-0.2, -0.15) is 0 Å². The van der Waals surface area contributed by atoms with E-state index in [1.54, 1.807) is 36.4 Å². The Hall–Kier alpha value is -3.71. The van der Waals surface area contributed by atoms with E-state index in [4.69, 9.17) is 11.6 Å². The highest BCUT2D eigenvalue weighted by Gasteiger charge is 2.29. The summed E-state index contributed by atoms with van der Waals surface area (Å²) in [5.41, 5.74) is 2.24. The molecule has 0 radical (unpaired) electrons. The summed E-state index contributed by atoms with van der Waals surface area (Å²) in [6.45, 7) is 3.84. The first-order chi connectivity index (χ1) is 16.5. The largest absolute Gasteiger partial charge is 0.351 e. The second-order valence-electron chi connectivity index (χ2n) is 8.35. The molecule has 1 N–H and O–H groups in total. The lowest BCUT2D eigenvalue weighted by Gasteiger charge is -2.40. The highest BCUT2D eigenvalue weighted by atomic mass is 35.5. The molecule has 1 saturated heterocycles. The number of hydrogen-bond donors (Lipinski definition) is 1. The van der Waals surface area contributed by atoms with Gasteiger partial charge in [0.25, 0.3) is 0 Å². The summed E-state index contributed by atoms with van der Waals surface area (Å²) in [4.78, 5) is 16.8. The van der Waals surface area contributed by atoms with E-state index in [0.717, 1.165) is 22.2 Å². The zero-order valence-corrected chi connectivity index (χ0v) is 19.3. The van der Waals surface area contributed by atoms with E-state index in [9.17, 15) is 9.18 Å². The molecule has 172 valence electrons. The highest BCUT2D eigenvalue weighted by molar-refractivity contribution is 6.30. The van der Waals surface area contributed by atoms with Gasteiger partial charge < -0.3 is 15.1 Å². The van der Waals surface area contributed by atoms with Crippen LogP contribution in [0.3, 0.4) is 0 Å². The van der Waals surface area contributed by atoms with Gasteiger partial charge >= 0.3 is 6.03 Å². The number of carbonyl (C=O) groups excluding carboxylic acids is 1. The van der Waals surface area contributed by atoms with Crippen LogP contribution in [-0.2, 0) is 0 Å². The van der Waals surface area contributed by atoms with Crippen LogP contribution in [0.1, 0.15) is 6.92 Å². The molecule has 0 aliphatic carbocycles. The standard InChI is InChI=1S/C26H23ClFN5O/c1-17-16-32(14-15-33(17)26(34)29-21-12-8-19(27)9-13-21)25-23-5-3-2-4-22(23)24(30-31-25)18-6-10-20(28)11-7-18/h2-13,17H,14-16H2,1H3,(H,29,34)/t17-/m0/s1. The van der Waals surface area contributed by atoms with Crippen molar-refractivity contribution < 1.29 is 9.18 Å². The topological polar surface area (TPSA) is 61.4 Å². The Morgan fingerprint density at radius 3 is 2.38 bits per heavy atom. The maximum atomic E-state index is 13.4. The molecule has 2 amide bonds. The predicted molar refractivity (Wildman–Crippen MR) is 134 cm³/mol. The van der Waals surface area contributed by atoms with Crippen LogP contribution in [0.25, 0.3) is 22.0 Å². The summed E-state index contributed by atoms with van der Waals surface area (Å²) in [6.07, 6.45) is 0. The van der Waals surface area contributed by atoms with E-state index < -0.39 is 0 Å². The molecule has 2 heterocycles. The summed E-state index contributed by atoms with van der Waals surface area (Å²) < 4.78 is 13.4. The van der Waals surface area contributed by atoms with Crippen LogP contribution in [0.15, 0.2) is 72.8 Å². The molecule has 1 aromatic heterocycles. The summed E-state index contributed by atoms with van der Waals surface area (Å²) in [5, 5.41) is 14.6. The fourth-order valence-corrected chi connectivity index (χ4v) is 4.45. The second kappa shape index (κ2) is 9.27. The summed E-state index contributed by atoms with van der Waals surface area (Å²) >= 11 is 5.93. The van der Waals surface area contributed by atoms with Gasteiger partial charge in [0, 0.05) is 52.7 Å². The molecular weight excluding hydrogens is 453 g/mol. The molecule has 6 nitrogen and oxygen atoms in total. The highest BCUT2D eigenvalue weighted by Crippen LogP contribution is 2.32. The number of halogens is 2. The summed E-state index contributed by atoms with van der Waals surface area (Å²) in [5.74, 6) is 0.496. The molecule has 1 fully saturated rings. The van der Waals surface area contributed by atoms with Crippen LogP contribution in [0.4, 0.5) is 20.7 Å². The monoisotopic (exact) mass is 475 g/mol. The molecule has 4 aromatic rings. The predicted octanol–water partition coefficient (Wildman–Crippen LogP) is 5.83. The van der Waals surface area contributed by atoms with Crippen LogP contribution < -0.4 is 10.2 Å². The Bertz CT molecular complexity index is 1330. The number of aromatic nitrogens is 2. The summed E-state index contributed by atoms with van der Waals surface area (Å²) in [7, 11) is 0. The van der Waals surface area contributed by atoms with Crippen molar-refractivity contribution in [1.29, 1.82) is 0 Å². The SMILES string of the molecule is C[C@H]1CN(c2nnc(-c3ccc(F)cc3)c3ccccc23)CCN1C(=O)Nc1ccc(Cl)cc1. The molecule has 0 unspecified atom stereocenters. The van der Waals surface area contributed by atoms with Crippen LogP contribution in [-0.4, -0.2) is 46.8 Å². The van der Waals surface area contributed by atoms with E-state index in [-0.39, 0.29) is 17.9 Å². The van der Waals surface area contributed by atoms with Gasteiger partial charge in [0.15, 0.2) is 5.82 Å². The molecule has 0 spiro atoms. The lowest BCUT2D eigenvalue weighted by molar-refractivity contribution is 0.184. The fraction of sp³-hybridized carbons (Fsp3) is 0.192. The molecule has 0 bridgehead atoms. The van der Waals surface area contributed by atoms with Gasteiger partial charge in [-0.25, -0.2) is 9.18 Å². The van der Waals surface area contributed by atoms with Crippen molar-refractivity contribution in [3.05, 3.63) is 83.6 Å². The number of nitrogens with zero attached hydrogens (tertiary/aromatic N) is 4. The number of benzene rings is 3. The van der Waals surface area contributed by atoms with E-state index in [1.807, 2.05) is 36.1 Å². The van der Waals surface area contributed by atoms with Crippen molar-refractivity contribution in [2.75, 3.05) is 29.9 Å². The summed E-state index contributed by atoms with van der Waals surface area (Å²) in [6, 6.07) is 21.1. The number of rotatable bonds is 3. The smallest absolute Gasteiger partial charge is 0.322 e. The van der Waals surface area contributed by atoms with Gasteiger partial charge in [0.05, 0.1) is 0 Å². The average molecular weight is 476 g/mol. The number of nitrogens with one attached hydrogen (secondary N) is 1. The van der Waals surface area contributed by atoms with E-state index in [1.165, 1.54) is 12.1 Å². The van der Waals surface area contributed by atoms with Crippen LogP contribution in [0.2, 0.25) is 5.02 Å². The number of anilines is 2. The van der Waals surface area contributed by atoms with Gasteiger partial charge in [-0.05, 0) is 55.5 Å². The molecule has 1 aliphatic heterocycles. The number of hydrogen-bond acceptors (Lipinski definition) is 4. The minimum Gasteiger partial charge on any atom is -0.351 e. The first-order valence-corrected chi connectivity index (χ1v) is 11.5. The second-order valence-corrected chi connectivity index (χ2v) is 8.79. The zero-order chi connectivity index (χ0) is 23.7. The number of carbonyl (C=O) groups is 1. The van der Waals surface area contributed by atoms with Crippen molar-refractivity contribution in [3.8, 4) is 11.3 Å². The first kappa shape index (κ1) is 22.1. The quantitative estimate of drug-likeness (QED) is 0.405. The number of amides is 2. The third kappa shape index (κ3) is 4.39. The van der Waals surface area contributed by atoms with Crippen molar-refractivity contribution in [2.45, 2.75) is 13.0 Å². The van der Waals surface area contributed by atoms with Gasteiger partial charge in [-0.15, -0.1) is 10.2 Å². The molecule has 1 aliphatic rings.